The van der Waals surface area contributed by atoms with E-state index in [-0.39, 0.29) is 24.2 Å². The second-order valence-electron chi connectivity index (χ2n) is 5.33. The van der Waals surface area contributed by atoms with Gasteiger partial charge in [0.05, 0.1) is 25.0 Å². The maximum Gasteiger partial charge on any atom is 0.123 e. The van der Waals surface area contributed by atoms with Crippen molar-refractivity contribution >= 4 is 11.4 Å². The molecular formula is C18H21FN2O2. The number of aliphatic hydroxyl groups excluding tert-OH is 1. The van der Waals surface area contributed by atoms with Crippen LogP contribution in [0.3, 0.4) is 0 Å². The minimum Gasteiger partial charge on any atom is -0.398 e. The third-order valence-corrected chi connectivity index (χ3v) is 3.65. The van der Waals surface area contributed by atoms with E-state index in [4.69, 9.17) is 21.0 Å². The fraction of sp³-hybridized carbons (Fsp3) is 0.278. The van der Waals surface area contributed by atoms with E-state index < -0.39 is 0 Å². The first-order chi connectivity index (χ1) is 11.0. The van der Waals surface area contributed by atoms with Crippen LogP contribution in [0.4, 0.5) is 10.1 Å². The van der Waals surface area contributed by atoms with Crippen molar-refractivity contribution in [3.05, 3.63) is 65.0 Å². The van der Waals surface area contributed by atoms with Crippen LogP contribution in [-0.2, 0) is 11.3 Å². The molecule has 0 amide bonds. The van der Waals surface area contributed by atoms with Crippen molar-refractivity contribution in [1.82, 2.24) is 0 Å². The molecular weight excluding hydrogens is 295 g/mol. The molecule has 0 saturated heterocycles. The van der Waals surface area contributed by atoms with Gasteiger partial charge >= 0.3 is 0 Å². The maximum atomic E-state index is 13.3. The number of hydrogen-bond acceptors (Lipinski definition) is 4. The highest BCUT2D eigenvalue weighted by molar-refractivity contribution is 6.13. The minimum atomic E-state index is -0.390. The molecule has 1 unspecified atom stereocenters. The minimum absolute atomic E-state index is 0.0303. The van der Waals surface area contributed by atoms with Gasteiger partial charge in [-0.15, -0.1) is 0 Å². The molecule has 23 heavy (non-hydrogen) atoms. The summed E-state index contributed by atoms with van der Waals surface area (Å²) in [5, 5.41) is 17.4. The highest BCUT2D eigenvalue weighted by atomic mass is 19.1. The normalized spacial score (nSPS) is 12.1. The van der Waals surface area contributed by atoms with Gasteiger partial charge in [0.1, 0.15) is 5.82 Å². The zero-order chi connectivity index (χ0) is 16.8. The van der Waals surface area contributed by atoms with Gasteiger partial charge in [0.25, 0.3) is 0 Å². The number of rotatable bonds is 7. The maximum absolute atomic E-state index is 13.3. The number of anilines is 1. The molecule has 0 aliphatic carbocycles. The first-order valence-corrected chi connectivity index (χ1v) is 7.50. The van der Waals surface area contributed by atoms with E-state index in [2.05, 4.69) is 0 Å². The van der Waals surface area contributed by atoms with Crippen LogP contribution in [0.2, 0.25) is 0 Å². The molecule has 0 aliphatic rings. The van der Waals surface area contributed by atoms with E-state index in [0.29, 0.717) is 23.4 Å². The van der Waals surface area contributed by atoms with Crippen molar-refractivity contribution in [2.45, 2.75) is 26.1 Å². The molecule has 0 spiro atoms. The van der Waals surface area contributed by atoms with Crippen LogP contribution in [0.25, 0.3) is 0 Å². The first kappa shape index (κ1) is 17.1. The van der Waals surface area contributed by atoms with Crippen LogP contribution in [0.1, 0.15) is 30.0 Å². The van der Waals surface area contributed by atoms with Gasteiger partial charge in [-0.2, -0.15) is 0 Å². The molecule has 2 aromatic carbocycles. The van der Waals surface area contributed by atoms with Gasteiger partial charge in [0.15, 0.2) is 0 Å². The Balaban J connectivity index is 2.21. The topological polar surface area (TPSA) is 79.3 Å². The summed E-state index contributed by atoms with van der Waals surface area (Å²) in [6.45, 7) is 2.23. The fourth-order valence-electron chi connectivity index (χ4n) is 2.22. The largest absolute Gasteiger partial charge is 0.398 e. The number of nitrogens with two attached hydrogens (primary N) is 1. The lowest BCUT2D eigenvalue weighted by atomic mass is 9.99. The predicted octanol–water partition coefficient (Wildman–Crippen LogP) is 3.11. The molecule has 4 N–H and O–H groups in total. The summed E-state index contributed by atoms with van der Waals surface area (Å²) in [6, 6.07) is 11.2. The Hall–Kier alpha value is -2.24. The van der Waals surface area contributed by atoms with Crippen LogP contribution >= 0.6 is 0 Å². The van der Waals surface area contributed by atoms with E-state index in [1.54, 1.807) is 24.3 Å². The number of nitrogen functional groups attached to an aromatic ring is 1. The fourth-order valence-corrected chi connectivity index (χ4v) is 2.22. The molecule has 0 aromatic heterocycles. The van der Waals surface area contributed by atoms with Crippen LogP contribution in [-0.4, -0.2) is 23.5 Å². The summed E-state index contributed by atoms with van der Waals surface area (Å²) >= 11 is 0. The van der Waals surface area contributed by atoms with Gasteiger partial charge in [-0.3, -0.25) is 5.41 Å². The van der Waals surface area contributed by atoms with Gasteiger partial charge < -0.3 is 15.6 Å². The quantitative estimate of drug-likeness (QED) is 0.542. The molecule has 4 nitrogen and oxygen atoms in total. The summed E-state index contributed by atoms with van der Waals surface area (Å²) in [6.07, 6.45) is 0.510. The summed E-state index contributed by atoms with van der Waals surface area (Å²) in [7, 11) is 0. The smallest absolute Gasteiger partial charge is 0.123 e. The molecule has 0 saturated carbocycles. The van der Waals surface area contributed by atoms with E-state index in [1.165, 1.54) is 12.1 Å². The number of halogens is 1. The predicted molar refractivity (Wildman–Crippen MR) is 89.1 cm³/mol. The van der Waals surface area contributed by atoms with Crippen molar-refractivity contribution in [3.8, 4) is 0 Å². The lowest BCUT2D eigenvalue weighted by Crippen LogP contribution is -2.16. The summed E-state index contributed by atoms with van der Waals surface area (Å²) < 4.78 is 18.9. The van der Waals surface area contributed by atoms with Gasteiger partial charge in [0, 0.05) is 16.8 Å². The second kappa shape index (κ2) is 7.85. The molecule has 0 heterocycles. The summed E-state index contributed by atoms with van der Waals surface area (Å²) in [5.74, 6) is -0.390. The van der Waals surface area contributed by atoms with Gasteiger partial charge in [-0.05, 0) is 36.2 Å². The molecule has 2 rings (SSSR count). The van der Waals surface area contributed by atoms with Crippen molar-refractivity contribution in [2.24, 2.45) is 0 Å². The number of aliphatic hydroxyl groups is 1. The highest BCUT2D eigenvalue weighted by Crippen LogP contribution is 2.20. The first-order valence-electron chi connectivity index (χ1n) is 7.50. The standard InChI is InChI=1S/C18H21FN2O2/c1-2-15(10-22)23-11-12-6-7-17(20)16(8-12)18(21)13-4-3-5-14(19)9-13/h3-9,15,21-22H,2,10-11,20H2,1H3. The van der Waals surface area contributed by atoms with Gasteiger partial charge in [-0.1, -0.05) is 25.1 Å². The second-order valence-corrected chi connectivity index (χ2v) is 5.33. The third-order valence-electron chi connectivity index (χ3n) is 3.65. The molecule has 1 atom stereocenters. The Morgan fingerprint density at radius 1 is 1.30 bits per heavy atom. The molecule has 0 fully saturated rings. The average Bonchev–Trinajstić information content (AvgIpc) is 2.56. The highest BCUT2D eigenvalue weighted by Gasteiger charge is 2.11. The lowest BCUT2D eigenvalue weighted by molar-refractivity contribution is 0.000766. The van der Waals surface area contributed by atoms with E-state index in [1.807, 2.05) is 13.0 Å². The Morgan fingerprint density at radius 2 is 2.09 bits per heavy atom. The van der Waals surface area contributed by atoms with Gasteiger partial charge in [0.2, 0.25) is 0 Å². The zero-order valence-electron chi connectivity index (χ0n) is 13.1. The monoisotopic (exact) mass is 316 g/mol. The number of ether oxygens (including phenoxy) is 1. The Kier molecular flexibility index (Phi) is 5.84. The van der Waals surface area contributed by atoms with Crippen molar-refractivity contribution < 1.29 is 14.2 Å². The average molecular weight is 316 g/mol. The van der Waals surface area contributed by atoms with Crippen LogP contribution < -0.4 is 5.73 Å². The van der Waals surface area contributed by atoms with Crippen LogP contribution in [0.5, 0.6) is 0 Å². The van der Waals surface area contributed by atoms with Gasteiger partial charge in [-0.25, -0.2) is 4.39 Å². The van der Waals surface area contributed by atoms with Crippen LogP contribution in [0, 0.1) is 11.2 Å². The third kappa shape index (κ3) is 4.37. The molecule has 5 heteroatoms. The molecule has 0 radical (unpaired) electrons. The van der Waals surface area contributed by atoms with E-state index in [0.717, 1.165) is 12.0 Å². The summed E-state index contributed by atoms with van der Waals surface area (Å²) in [5.41, 5.74) is 8.43. The number of hydrogen-bond donors (Lipinski definition) is 3. The molecule has 122 valence electrons. The van der Waals surface area contributed by atoms with Crippen molar-refractivity contribution in [1.29, 1.82) is 5.41 Å². The SMILES string of the molecule is CCC(CO)OCc1ccc(N)c(C(=N)c2cccc(F)c2)c1. The Morgan fingerprint density at radius 3 is 2.74 bits per heavy atom. The summed E-state index contributed by atoms with van der Waals surface area (Å²) in [4.78, 5) is 0. The van der Waals surface area contributed by atoms with E-state index in [9.17, 15) is 4.39 Å². The Labute approximate surface area is 135 Å². The van der Waals surface area contributed by atoms with Crippen molar-refractivity contribution in [2.75, 3.05) is 12.3 Å². The zero-order valence-corrected chi connectivity index (χ0v) is 13.1. The van der Waals surface area contributed by atoms with Crippen LogP contribution in [0.15, 0.2) is 42.5 Å². The molecule has 2 aromatic rings. The lowest BCUT2D eigenvalue weighted by Gasteiger charge is -2.15. The number of nitrogens with one attached hydrogen (secondary N) is 1. The molecule has 0 aliphatic heterocycles. The Bertz CT molecular complexity index is 684. The molecule has 0 bridgehead atoms. The number of benzene rings is 2. The van der Waals surface area contributed by atoms with Crippen molar-refractivity contribution in [3.63, 3.8) is 0 Å². The van der Waals surface area contributed by atoms with E-state index >= 15 is 0 Å².